The summed E-state index contributed by atoms with van der Waals surface area (Å²) >= 11 is 12.1. The van der Waals surface area contributed by atoms with Gasteiger partial charge in [-0.15, -0.1) is 0 Å². The van der Waals surface area contributed by atoms with E-state index < -0.39 is 0 Å². The van der Waals surface area contributed by atoms with Gasteiger partial charge < -0.3 is 15.0 Å². The van der Waals surface area contributed by atoms with E-state index in [1.165, 1.54) is 0 Å². The first-order valence-corrected chi connectivity index (χ1v) is 6.82. The van der Waals surface area contributed by atoms with E-state index in [1.54, 1.807) is 19.2 Å². The third kappa shape index (κ3) is 2.66. The summed E-state index contributed by atoms with van der Waals surface area (Å²) in [6.45, 7) is 4.80. The van der Waals surface area contributed by atoms with Gasteiger partial charge in [0.15, 0.2) is 0 Å². The van der Waals surface area contributed by atoms with E-state index in [0.29, 0.717) is 28.5 Å². The molecule has 104 valence electrons. The van der Waals surface area contributed by atoms with Gasteiger partial charge in [0.1, 0.15) is 0 Å². The summed E-state index contributed by atoms with van der Waals surface area (Å²) in [5.74, 6) is 0.804. The number of aromatic nitrogens is 2. The number of hydrogen-bond acceptors (Lipinski definition) is 3. The van der Waals surface area contributed by atoms with E-state index in [2.05, 4.69) is 18.8 Å². The zero-order valence-electron chi connectivity index (χ0n) is 11.2. The Morgan fingerprint density at radius 3 is 2.53 bits per heavy atom. The number of methoxy groups -OCH3 is 1. The molecule has 2 aromatic rings. The largest absolute Gasteiger partial charge is 0.383 e. The van der Waals surface area contributed by atoms with Crippen LogP contribution in [0.1, 0.15) is 19.9 Å². The molecule has 0 saturated carbocycles. The van der Waals surface area contributed by atoms with Crippen LogP contribution < -0.4 is 5.73 Å². The summed E-state index contributed by atoms with van der Waals surface area (Å²) in [5.41, 5.74) is 7.65. The Hall–Kier alpha value is -0.970. The summed E-state index contributed by atoms with van der Waals surface area (Å²) in [6.07, 6.45) is 0. The summed E-state index contributed by atoms with van der Waals surface area (Å²) in [6, 6.07) is 3.64. The highest BCUT2D eigenvalue weighted by Gasteiger charge is 2.21. The number of halogens is 2. The SMILES string of the molecule is COCC(C(C)C)n1c(N)nc2cc(Cl)c(Cl)cc21. The number of nitrogens with zero attached hydrogens (tertiary/aromatic N) is 2. The number of anilines is 1. The van der Waals surface area contributed by atoms with Crippen LogP contribution in [0.2, 0.25) is 10.0 Å². The van der Waals surface area contributed by atoms with E-state index in [0.717, 1.165) is 11.0 Å². The molecule has 0 aliphatic carbocycles. The molecule has 0 aliphatic rings. The molecule has 0 spiro atoms. The van der Waals surface area contributed by atoms with E-state index in [-0.39, 0.29) is 6.04 Å². The van der Waals surface area contributed by atoms with Crippen LogP contribution in [-0.2, 0) is 4.74 Å². The molecule has 0 bridgehead atoms. The Balaban J connectivity index is 2.64. The van der Waals surface area contributed by atoms with Crippen LogP contribution >= 0.6 is 23.2 Å². The summed E-state index contributed by atoms with van der Waals surface area (Å²) < 4.78 is 7.25. The number of fused-ring (bicyclic) bond motifs is 1. The predicted octanol–water partition coefficient (Wildman–Crippen LogP) is 3.77. The van der Waals surface area contributed by atoms with Gasteiger partial charge in [-0.05, 0) is 18.1 Å². The van der Waals surface area contributed by atoms with Gasteiger partial charge in [-0.3, -0.25) is 0 Å². The quantitative estimate of drug-likeness (QED) is 0.935. The molecule has 1 atom stereocenters. The zero-order chi connectivity index (χ0) is 14.2. The summed E-state index contributed by atoms with van der Waals surface area (Å²) in [4.78, 5) is 4.34. The molecule has 6 heteroatoms. The molecule has 19 heavy (non-hydrogen) atoms. The lowest BCUT2D eigenvalue weighted by molar-refractivity contribution is 0.136. The Morgan fingerprint density at radius 1 is 1.32 bits per heavy atom. The predicted molar refractivity (Wildman–Crippen MR) is 79.9 cm³/mol. The minimum atomic E-state index is 0.104. The van der Waals surface area contributed by atoms with Crippen molar-refractivity contribution < 1.29 is 4.74 Å². The molecule has 1 unspecified atom stereocenters. The van der Waals surface area contributed by atoms with Crippen molar-refractivity contribution in [3.8, 4) is 0 Å². The van der Waals surface area contributed by atoms with Crippen LogP contribution in [0.25, 0.3) is 11.0 Å². The number of nitrogen functional groups attached to an aromatic ring is 1. The van der Waals surface area contributed by atoms with Crippen molar-refractivity contribution in [2.75, 3.05) is 19.5 Å². The summed E-state index contributed by atoms with van der Waals surface area (Å²) in [7, 11) is 1.68. The zero-order valence-corrected chi connectivity index (χ0v) is 12.7. The van der Waals surface area contributed by atoms with Crippen LogP contribution in [0.15, 0.2) is 12.1 Å². The maximum absolute atomic E-state index is 6.09. The van der Waals surface area contributed by atoms with E-state index in [4.69, 9.17) is 33.7 Å². The smallest absolute Gasteiger partial charge is 0.201 e. The monoisotopic (exact) mass is 301 g/mol. The molecule has 1 aromatic heterocycles. The van der Waals surface area contributed by atoms with Gasteiger partial charge in [-0.25, -0.2) is 4.98 Å². The van der Waals surface area contributed by atoms with Crippen LogP contribution in [-0.4, -0.2) is 23.3 Å². The molecular formula is C13H17Cl2N3O. The fourth-order valence-electron chi connectivity index (χ4n) is 2.19. The van der Waals surface area contributed by atoms with Gasteiger partial charge in [0.25, 0.3) is 0 Å². The minimum Gasteiger partial charge on any atom is -0.383 e. The minimum absolute atomic E-state index is 0.104. The molecule has 2 N–H and O–H groups in total. The molecule has 1 aromatic carbocycles. The molecule has 0 saturated heterocycles. The second-order valence-corrected chi connectivity index (χ2v) is 5.68. The highest BCUT2D eigenvalue weighted by Crippen LogP contribution is 2.32. The van der Waals surface area contributed by atoms with Crippen molar-refractivity contribution in [2.45, 2.75) is 19.9 Å². The Bertz CT molecular complexity index is 595. The van der Waals surface area contributed by atoms with Crippen LogP contribution in [0.3, 0.4) is 0 Å². The first-order chi connectivity index (χ1) is 8.95. The molecule has 0 radical (unpaired) electrons. The molecule has 0 aliphatic heterocycles. The van der Waals surface area contributed by atoms with Crippen molar-refractivity contribution in [1.29, 1.82) is 0 Å². The highest BCUT2D eigenvalue weighted by atomic mass is 35.5. The lowest BCUT2D eigenvalue weighted by Crippen LogP contribution is -2.21. The average molecular weight is 302 g/mol. The number of imidazole rings is 1. The molecule has 0 fully saturated rings. The number of rotatable bonds is 4. The Kier molecular flexibility index (Phi) is 4.23. The lowest BCUT2D eigenvalue weighted by atomic mass is 10.0. The maximum atomic E-state index is 6.09. The number of hydrogen-bond donors (Lipinski definition) is 1. The van der Waals surface area contributed by atoms with Crippen molar-refractivity contribution >= 4 is 40.2 Å². The van der Waals surface area contributed by atoms with Gasteiger partial charge in [0.2, 0.25) is 5.95 Å². The van der Waals surface area contributed by atoms with Crippen LogP contribution in [0.4, 0.5) is 5.95 Å². The van der Waals surface area contributed by atoms with E-state index >= 15 is 0 Å². The lowest BCUT2D eigenvalue weighted by Gasteiger charge is -2.23. The number of ether oxygens (including phenoxy) is 1. The summed E-state index contributed by atoms with van der Waals surface area (Å²) in [5, 5.41) is 0.974. The second kappa shape index (κ2) is 5.57. The highest BCUT2D eigenvalue weighted by molar-refractivity contribution is 6.42. The molecule has 1 heterocycles. The third-order valence-corrected chi connectivity index (χ3v) is 3.92. The standard InChI is InChI=1S/C13H17Cl2N3O/c1-7(2)12(6-19-3)18-11-5-9(15)8(14)4-10(11)17-13(18)16/h4-5,7,12H,6H2,1-3H3,(H2,16,17). The van der Waals surface area contributed by atoms with Crippen molar-refractivity contribution in [1.82, 2.24) is 9.55 Å². The van der Waals surface area contributed by atoms with E-state index in [9.17, 15) is 0 Å². The number of benzene rings is 1. The van der Waals surface area contributed by atoms with E-state index in [1.807, 2.05) is 4.57 Å². The normalized spacial score (nSPS) is 13.4. The molecule has 2 rings (SSSR count). The molecule has 4 nitrogen and oxygen atoms in total. The van der Waals surface area contributed by atoms with Gasteiger partial charge in [-0.1, -0.05) is 37.0 Å². The van der Waals surface area contributed by atoms with Crippen LogP contribution in [0, 0.1) is 5.92 Å². The van der Waals surface area contributed by atoms with Gasteiger partial charge in [0, 0.05) is 7.11 Å². The van der Waals surface area contributed by atoms with Crippen molar-refractivity contribution in [3.05, 3.63) is 22.2 Å². The maximum Gasteiger partial charge on any atom is 0.201 e. The molecular weight excluding hydrogens is 285 g/mol. The molecule has 0 amide bonds. The number of nitrogens with two attached hydrogens (primary N) is 1. The third-order valence-electron chi connectivity index (χ3n) is 3.20. The van der Waals surface area contributed by atoms with Gasteiger partial charge >= 0.3 is 0 Å². The van der Waals surface area contributed by atoms with Crippen molar-refractivity contribution in [3.63, 3.8) is 0 Å². The average Bonchev–Trinajstić information content (AvgIpc) is 2.62. The second-order valence-electron chi connectivity index (χ2n) is 4.86. The van der Waals surface area contributed by atoms with Gasteiger partial charge in [-0.2, -0.15) is 0 Å². The fourth-order valence-corrected chi connectivity index (χ4v) is 2.51. The first-order valence-electron chi connectivity index (χ1n) is 6.07. The Labute approximate surface area is 122 Å². The Morgan fingerprint density at radius 2 is 1.95 bits per heavy atom. The topological polar surface area (TPSA) is 53.1 Å². The van der Waals surface area contributed by atoms with Gasteiger partial charge in [0.05, 0.1) is 33.7 Å². The first kappa shape index (κ1) is 14.4. The fraction of sp³-hybridized carbons (Fsp3) is 0.462. The van der Waals surface area contributed by atoms with Crippen LogP contribution in [0.5, 0.6) is 0 Å². The van der Waals surface area contributed by atoms with Crippen molar-refractivity contribution in [2.24, 2.45) is 5.92 Å².